The molecule has 0 saturated carbocycles. The number of hydrogen-bond acceptors (Lipinski definition) is 4. The Morgan fingerprint density at radius 1 is 1.28 bits per heavy atom. The van der Waals surface area contributed by atoms with E-state index in [2.05, 4.69) is 4.72 Å². The molecule has 0 aliphatic heterocycles. The Labute approximate surface area is 107 Å². The second-order valence-corrected chi connectivity index (χ2v) is 5.92. The number of anilines is 1. The molecule has 1 aromatic rings. The number of nitrogens with one attached hydrogen (secondary N) is 1. The summed E-state index contributed by atoms with van der Waals surface area (Å²) in [6.45, 7) is 3.84. The minimum Gasteiger partial charge on any atom is -0.378 e. The summed E-state index contributed by atoms with van der Waals surface area (Å²) in [7, 11) is -3.41. The van der Waals surface area contributed by atoms with Crippen LogP contribution in [0.2, 0.25) is 0 Å². The van der Waals surface area contributed by atoms with E-state index >= 15 is 0 Å². The highest BCUT2D eigenvalue weighted by Crippen LogP contribution is 2.10. The van der Waals surface area contributed by atoms with Crippen molar-refractivity contribution in [2.24, 2.45) is 0 Å². The van der Waals surface area contributed by atoms with E-state index in [9.17, 15) is 13.2 Å². The predicted molar refractivity (Wildman–Crippen MR) is 70.3 cm³/mol. The van der Waals surface area contributed by atoms with Crippen LogP contribution in [0.15, 0.2) is 24.3 Å². The molecule has 0 spiro atoms. The maximum Gasteiger partial charge on any atom is 0.234 e. The maximum atomic E-state index is 11.7. The van der Waals surface area contributed by atoms with Crippen LogP contribution in [0.3, 0.4) is 0 Å². The van der Waals surface area contributed by atoms with Gasteiger partial charge in [-0.15, -0.1) is 0 Å². The smallest absolute Gasteiger partial charge is 0.234 e. The van der Waals surface area contributed by atoms with E-state index in [1.807, 2.05) is 13.8 Å². The van der Waals surface area contributed by atoms with Crippen molar-refractivity contribution in [3.63, 3.8) is 0 Å². The molecule has 0 radical (unpaired) electrons. The van der Waals surface area contributed by atoms with Crippen LogP contribution in [-0.4, -0.2) is 33.2 Å². The molecular weight excluding hydrogens is 254 g/mol. The highest BCUT2D eigenvalue weighted by atomic mass is 32.2. The first kappa shape index (κ1) is 14.7. The average molecular weight is 271 g/mol. The normalized spacial score (nSPS) is 11.5. The van der Waals surface area contributed by atoms with Crippen molar-refractivity contribution >= 4 is 22.0 Å². The molecule has 100 valence electrons. The van der Waals surface area contributed by atoms with Gasteiger partial charge in [0.1, 0.15) is 6.29 Å². The molecule has 0 amide bonds. The lowest BCUT2D eigenvalue weighted by Crippen LogP contribution is -2.21. The van der Waals surface area contributed by atoms with E-state index < -0.39 is 10.0 Å². The summed E-state index contributed by atoms with van der Waals surface area (Å²) in [5.74, 6) is -0.0966. The fourth-order valence-electron chi connectivity index (χ4n) is 1.25. The molecule has 0 aliphatic rings. The number of hydrogen-bond donors (Lipinski definition) is 1. The maximum absolute atomic E-state index is 11.7. The Morgan fingerprint density at radius 3 is 2.39 bits per heavy atom. The quantitative estimate of drug-likeness (QED) is 0.766. The van der Waals surface area contributed by atoms with Gasteiger partial charge in [-0.2, -0.15) is 0 Å². The Morgan fingerprint density at radius 2 is 1.89 bits per heavy atom. The lowest BCUT2D eigenvalue weighted by atomic mass is 10.2. The van der Waals surface area contributed by atoms with Crippen LogP contribution >= 0.6 is 0 Å². The Bertz CT molecular complexity index is 479. The van der Waals surface area contributed by atoms with Crippen LogP contribution < -0.4 is 4.72 Å². The standard InChI is InChI=1S/C12H17NO4S/c1-10(2)17-7-8-18(15,16)13-12-5-3-11(9-14)4-6-12/h3-6,9-10,13H,7-8H2,1-2H3. The van der Waals surface area contributed by atoms with Gasteiger partial charge in [0.05, 0.1) is 18.5 Å². The topological polar surface area (TPSA) is 72.5 Å². The van der Waals surface area contributed by atoms with Gasteiger partial charge in [0.15, 0.2) is 0 Å². The minimum absolute atomic E-state index is 0.00655. The predicted octanol–water partition coefficient (Wildman–Crippen LogP) is 1.67. The molecule has 18 heavy (non-hydrogen) atoms. The van der Waals surface area contributed by atoms with Crippen LogP contribution in [-0.2, 0) is 14.8 Å². The lowest BCUT2D eigenvalue weighted by molar-refractivity contribution is 0.0913. The van der Waals surface area contributed by atoms with Crippen molar-refractivity contribution in [2.45, 2.75) is 20.0 Å². The number of ether oxygens (including phenoxy) is 1. The largest absolute Gasteiger partial charge is 0.378 e. The fraction of sp³-hybridized carbons (Fsp3) is 0.417. The highest BCUT2D eigenvalue weighted by Gasteiger charge is 2.10. The van der Waals surface area contributed by atoms with Gasteiger partial charge in [-0.1, -0.05) is 0 Å². The Hall–Kier alpha value is -1.40. The lowest BCUT2D eigenvalue weighted by Gasteiger charge is -2.10. The van der Waals surface area contributed by atoms with Crippen molar-refractivity contribution in [3.05, 3.63) is 29.8 Å². The van der Waals surface area contributed by atoms with Crippen molar-refractivity contribution in [1.29, 1.82) is 0 Å². The zero-order valence-electron chi connectivity index (χ0n) is 10.4. The summed E-state index contributed by atoms with van der Waals surface area (Å²) in [4.78, 5) is 10.5. The van der Waals surface area contributed by atoms with E-state index in [1.165, 1.54) is 0 Å². The zero-order valence-corrected chi connectivity index (χ0v) is 11.2. The van der Waals surface area contributed by atoms with Crippen molar-refractivity contribution in [2.75, 3.05) is 17.1 Å². The summed E-state index contributed by atoms with van der Waals surface area (Å²) in [6, 6.07) is 6.19. The van der Waals surface area contributed by atoms with Gasteiger partial charge in [-0.25, -0.2) is 8.42 Å². The summed E-state index contributed by atoms with van der Waals surface area (Å²) < 4.78 is 31.0. The molecule has 0 heterocycles. The van der Waals surface area contributed by atoms with Crippen molar-refractivity contribution < 1.29 is 17.9 Å². The fourth-order valence-corrected chi connectivity index (χ4v) is 2.17. The number of carbonyl (C=O) groups is 1. The molecule has 6 heteroatoms. The summed E-state index contributed by atoms with van der Waals surface area (Å²) in [6.07, 6.45) is 0.710. The molecule has 0 fully saturated rings. The number of rotatable bonds is 7. The third kappa shape index (κ3) is 5.29. The Balaban J connectivity index is 2.56. The van der Waals surface area contributed by atoms with E-state index in [0.717, 1.165) is 0 Å². The van der Waals surface area contributed by atoms with Crippen LogP contribution in [0.25, 0.3) is 0 Å². The molecule has 0 saturated heterocycles. The molecule has 0 atom stereocenters. The van der Waals surface area contributed by atoms with Gasteiger partial charge in [-0.3, -0.25) is 9.52 Å². The van der Waals surface area contributed by atoms with Gasteiger partial charge >= 0.3 is 0 Å². The van der Waals surface area contributed by atoms with E-state index in [4.69, 9.17) is 4.74 Å². The molecule has 0 aromatic heterocycles. The number of benzene rings is 1. The molecular formula is C12H17NO4S. The summed E-state index contributed by atoms with van der Waals surface area (Å²) >= 11 is 0. The highest BCUT2D eigenvalue weighted by molar-refractivity contribution is 7.92. The number of aldehydes is 1. The number of carbonyl (C=O) groups excluding carboxylic acids is 1. The van der Waals surface area contributed by atoms with Gasteiger partial charge in [0, 0.05) is 11.3 Å². The first-order valence-electron chi connectivity index (χ1n) is 5.60. The average Bonchev–Trinajstić information content (AvgIpc) is 2.28. The first-order valence-corrected chi connectivity index (χ1v) is 7.25. The molecule has 1 rings (SSSR count). The molecule has 1 N–H and O–H groups in total. The van der Waals surface area contributed by atoms with E-state index in [-0.39, 0.29) is 18.5 Å². The molecule has 0 aliphatic carbocycles. The van der Waals surface area contributed by atoms with E-state index in [0.29, 0.717) is 17.5 Å². The summed E-state index contributed by atoms with van der Waals surface area (Å²) in [5, 5.41) is 0. The van der Waals surface area contributed by atoms with Gasteiger partial charge in [0.2, 0.25) is 10.0 Å². The molecule has 5 nitrogen and oxygen atoms in total. The third-order valence-corrected chi connectivity index (χ3v) is 3.37. The first-order chi connectivity index (χ1) is 8.43. The second kappa shape index (κ2) is 6.51. The van der Waals surface area contributed by atoms with Crippen LogP contribution in [0.5, 0.6) is 0 Å². The Kier molecular flexibility index (Phi) is 5.30. The number of sulfonamides is 1. The SMILES string of the molecule is CC(C)OCCS(=O)(=O)Nc1ccc(C=O)cc1. The second-order valence-electron chi connectivity index (χ2n) is 4.08. The zero-order chi connectivity index (χ0) is 13.6. The van der Waals surface area contributed by atoms with Crippen LogP contribution in [0, 0.1) is 0 Å². The minimum atomic E-state index is -3.41. The van der Waals surface area contributed by atoms with Crippen molar-refractivity contribution in [3.8, 4) is 0 Å². The van der Waals surface area contributed by atoms with Gasteiger partial charge in [-0.05, 0) is 38.1 Å². The third-order valence-electron chi connectivity index (χ3n) is 2.12. The van der Waals surface area contributed by atoms with Crippen molar-refractivity contribution in [1.82, 2.24) is 0 Å². The van der Waals surface area contributed by atoms with Gasteiger partial charge in [0.25, 0.3) is 0 Å². The van der Waals surface area contributed by atoms with Crippen LogP contribution in [0.4, 0.5) is 5.69 Å². The summed E-state index contributed by atoms with van der Waals surface area (Å²) in [5.41, 5.74) is 0.936. The monoisotopic (exact) mass is 271 g/mol. The van der Waals surface area contributed by atoms with E-state index in [1.54, 1.807) is 24.3 Å². The molecule has 0 unspecified atom stereocenters. The molecule has 1 aromatic carbocycles. The molecule has 0 bridgehead atoms. The van der Waals surface area contributed by atoms with Gasteiger partial charge < -0.3 is 4.74 Å². The van der Waals surface area contributed by atoms with Crippen LogP contribution in [0.1, 0.15) is 24.2 Å².